The van der Waals surface area contributed by atoms with Crippen LogP contribution in [-0.4, -0.2) is 56.9 Å². The summed E-state index contributed by atoms with van der Waals surface area (Å²) in [5, 5.41) is 3.20. The highest BCUT2D eigenvalue weighted by Crippen LogP contribution is 2.22. The predicted octanol–water partition coefficient (Wildman–Crippen LogP) is 1.12. The molecule has 0 aromatic heterocycles. The quantitative estimate of drug-likeness (QED) is 0.885. The van der Waals surface area contributed by atoms with Gasteiger partial charge < -0.3 is 10.2 Å². The topological polar surface area (TPSA) is 52.7 Å². The van der Waals surface area contributed by atoms with Crippen LogP contribution in [0, 0.1) is 0 Å². The van der Waals surface area contributed by atoms with Crippen LogP contribution in [0.5, 0.6) is 0 Å². The van der Waals surface area contributed by atoms with E-state index in [1.165, 1.54) is 0 Å². The number of sulfonamides is 1. The molecule has 5 nitrogen and oxygen atoms in total. The summed E-state index contributed by atoms with van der Waals surface area (Å²) < 4.78 is 27.4. The molecule has 1 aliphatic heterocycles. The molecule has 1 saturated heterocycles. The fourth-order valence-corrected chi connectivity index (χ4v) is 4.27. The van der Waals surface area contributed by atoms with Gasteiger partial charge >= 0.3 is 0 Å². The Balaban J connectivity index is 2.27. The summed E-state index contributed by atoms with van der Waals surface area (Å²) in [6.07, 6.45) is 0. The third-order valence-corrected chi connectivity index (χ3v) is 6.04. The van der Waals surface area contributed by atoms with Crippen molar-refractivity contribution in [1.29, 1.82) is 0 Å². The van der Waals surface area contributed by atoms with Crippen molar-refractivity contribution in [3.63, 3.8) is 0 Å². The van der Waals surface area contributed by atoms with Crippen molar-refractivity contribution < 1.29 is 8.42 Å². The van der Waals surface area contributed by atoms with Gasteiger partial charge in [-0.05, 0) is 32.1 Å². The van der Waals surface area contributed by atoms with Crippen LogP contribution in [0.1, 0.15) is 19.4 Å². The molecular weight excluding hydrogens is 286 g/mol. The van der Waals surface area contributed by atoms with Crippen molar-refractivity contribution in [2.45, 2.75) is 31.3 Å². The summed E-state index contributed by atoms with van der Waals surface area (Å²) in [5.41, 5.74) is 0.839. The van der Waals surface area contributed by atoms with E-state index >= 15 is 0 Å². The predicted molar refractivity (Wildman–Crippen MR) is 84.7 cm³/mol. The molecule has 1 aliphatic rings. The minimum atomic E-state index is -3.41. The minimum Gasteiger partial charge on any atom is -0.313 e. The zero-order valence-electron chi connectivity index (χ0n) is 13.0. The first kappa shape index (κ1) is 16.4. The average molecular weight is 311 g/mol. The molecule has 0 radical (unpaired) electrons. The lowest BCUT2D eigenvalue weighted by Gasteiger charge is -2.37. The zero-order chi connectivity index (χ0) is 15.5. The number of piperazine rings is 1. The number of nitrogens with one attached hydrogen (secondary N) is 1. The van der Waals surface area contributed by atoms with Crippen LogP contribution < -0.4 is 5.32 Å². The number of benzene rings is 1. The van der Waals surface area contributed by atoms with Gasteiger partial charge in [-0.2, -0.15) is 4.31 Å². The molecule has 0 amide bonds. The van der Waals surface area contributed by atoms with E-state index < -0.39 is 10.0 Å². The standard InChI is InChI=1S/C15H25N3O2S/c1-4-16-11-14-7-5-6-8-15(14)21(19,20)18-10-9-17(3)13(2)12-18/h5-8,13,16H,4,9-12H2,1-3H3. The second kappa shape index (κ2) is 6.87. The van der Waals surface area contributed by atoms with Gasteiger partial charge in [0.15, 0.2) is 0 Å². The van der Waals surface area contributed by atoms with Crippen molar-refractivity contribution in [2.24, 2.45) is 0 Å². The Morgan fingerprint density at radius 3 is 2.67 bits per heavy atom. The summed E-state index contributed by atoms with van der Waals surface area (Å²) >= 11 is 0. The molecule has 1 aromatic carbocycles. The molecule has 0 bridgehead atoms. The number of nitrogens with zero attached hydrogens (tertiary/aromatic N) is 2. The Hall–Kier alpha value is -0.950. The minimum absolute atomic E-state index is 0.245. The maximum Gasteiger partial charge on any atom is 0.243 e. The van der Waals surface area contributed by atoms with Gasteiger partial charge in [0, 0.05) is 32.2 Å². The van der Waals surface area contributed by atoms with E-state index in [2.05, 4.69) is 17.1 Å². The van der Waals surface area contributed by atoms with Crippen LogP contribution >= 0.6 is 0 Å². The van der Waals surface area contributed by atoms with Gasteiger partial charge in [-0.15, -0.1) is 0 Å². The van der Waals surface area contributed by atoms with E-state index in [0.717, 1.165) is 18.7 Å². The van der Waals surface area contributed by atoms with Gasteiger partial charge in [-0.3, -0.25) is 0 Å². The molecule has 1 aromatic rings. The van der Waals surface area contributed by atoms with Gasteiger partial charge in [-0.25, -0.2) is 8.42 Å². The highest BCUT2D eigenvalue weighted by molar-refractivity contribution is 7.89. The molecule has 21 heavy (non-hydrogen) atoms. The lowest BCUT2D eigenvalue weighted by atomic mass is 10.2. The van der Waals surface area contributed by atoms with Crippen LogP contribution in [-0.2, 0) is 16.6 Å². The molecule has 118 valence electrons. The van der Waals surface area contributed by atoms with Crippen molar-refractivity contribution in [1.82, 2.24) is 14.5 Å². The van der Waals surface area contributed by atoms with Gasteiger partial charge in [0.1, 0.15) is 0 Å². The third-order valence-electron chi connectivity index (χ3n) is 4.08. The number of hydrogen-bond acceptors (Lipinski definition) is 4. The van der Waals surface area contributed by atoms with E-state index in [1.54, 1.807) is 16.4 Å². The molecule has 1 unspecified atom stereocenters. The summed E-state index contributed by atoms with van der Waals surface area (Å²) in [6, 6.07) is 7.52. The summed E-state index contributed by atoms with van der Waals surface area (Å²) in [7, 11) is -1.38. The Morgan fingerprint density at radius 2 is 2.00 bits per heavy atom. The molecule has 1 heterocycles. The first-order chi connectivity index (χ1) is 9.96. The van der Waals surface area contributed by atoms with Crippen molar-refractivity contribution in [2.75, 3.05) is 33.2 Å². The highest BCUT2D eigenvalue weighted by Gasteiger charge is 2.31. The van der Waals surface area contributed by atoms with E-state index in [4.69, 9.17) is 0 Å². The molecule has 1 atom stereocenters. The second-order valence-electron chi connectivity index (χ2n) is 5.58. The molecule has 0 aliphatic carbocycles. The van der Waals surface area contributed by atoms with Crippen LogP contribution in [0.2, 0.25) is 0 Å². The second-order valence-corrected chi connectivity index (χ2v) is 7.49. The highest BCUT2D eigenvalue weighted by atomic mass is 32.2. The molecular formula is C15H25N3O2S. The normalized spacial score (nSPS) is 21.6. The molecule has 1 N–H and O–H groups in total. The van der Waals surface area contributed by atoms with E-state index in [1.807, 2.05) is 26.1 Å². The summed E-state index contributed by atoms with van der Waals surface area (Å²) in [5.74, 6) is 0. The van der Waals surface area contributed by atoms with Crippen molar-refractivity contribution >= 4 is 10.0 Å². The van der Waals surface area contributed by atoms with Crippen LogP contribution in [0.25, 0.3) is 0 Å². The molecule has 2 rings (SSSR count). The fourth-order valence-electron chi connectivity index (χ4n) is 2.53. The first-order valence-corrected chi connectivity index (χ1v) is 8.89. The first-order valence-electron chi connectivity index (χ1n) is 7.45. The van der Waals surface area contributed by atoms with E-state index in [-0.39, 0.29) is 6.04 Å². The van der Waals surface area contributed by atoms with Gasteiger partial charge in [0.2, 0.25) is 10.0 Å². The zero-order valence-corrected chi connectivity index (χ0v) is 13.9. The molecule has 1 fully saturated rings. The number of rotatable bonds is 5. The fraction of sp³-hybridized carbons (Fsp3) is 0.600. The van der Waals surface area contributed by atoms with Crippen molar-refractivity contribution in [3.05, 3.63) is 29.8 Å². The van der Waals surface area contributed by atoms with Gasteiger partial charge in [0.25, 0.3) is 0 Å². The number of hydrogen-bond donors (Lipinski definition) is 1. The lowest BCUT2D eigenvalue weighted by Crippen LogP contribution is -2.52. The lowest BCUT2D eigenvalue weighted by molar-refractivity contribution is 0.159. The third kappa shape index (κ3) is 3.63. The Bertz CT molecular complexity index is 574. The SMILES string of the molecule is CCNCc1ccccc1S(=O)(=O)N1CCN(C)C(C)C1. The molecule has 0 saturated carbocycles. The van der Waals surface area contributed by atoms with Crippen LogP contribution in [0.4, 0.5) is 0 Å². The largest absolute Gasteiger partial charge is 0.313 e. The summed E-state index contributed by atoms with van der Waals surface area (Å²) in [6.45, 7) is 7.35. The van der Waals surface area contributed by atoms with Gasteiger partial charge in [-0.1, -0.05) is 25.1 Å². The molecule has 6 heteroatoms. The van der Waals surface area contributed by atoms with Crippen LogP contribution in [0.3, 0.4) is 0 Å². The Labute approximate surface area is 128 Å². The Morgan fingerprint density at radius 1 is 1.29 bits per heavy atom. The monoisotopic (exact) mass is 311 g/mol. The molecule has 0 spiro atoms. The average Bonchev–Trinajstić information content (AvgIpc) is 2.48. The smallest absolute Gasteiger partial charge is 0.243 e. The van der Waals surface area contributed by atoms with Gasteiger partial charge in [0.05, 0.1) is 4.90 Å². The van der Waals surface area contributed by atoms with Crippen molar-refractivity contribution in [3.8, 4) is 0 Å². The Kier molecular flexibility index (Phi) is 5.37. The van der Waals surface area contributed by atoms with E-state index in [0.29, 0.717) is 24.5 Å². The summed E-state index contributed by atoms with van der Waals surface area (Å²) in [4.78, 5) is 2.62. The number of likely N-dealkylation sites (N-methyl/N-ethyl adjacent to an activating group) is 1. The van der Waals surface area contributed by atoms with E-state index in [9.17, 15) is 8.42 Å². The maximum absolute atomic E-state index is 12.9. The van der Waals surface area contributed by atoms with Crippen LogP contribution in [0.15, 0.2) is 29.2 Å². The maximum atomic E-state index is 12.9.